The molecule has 0 radical (unpaired) electrons. The summed E-state index contributed by atoms with van der Waals surface area (Å²) in [4.78, 5) is 25.0. The Kier molecular flexibility index (Phi) is 5.16. The third-order valence-corrected chi connectivity index (χ3v) is 2.68. The van der Waals surface area contributed by atoms with Crippen molar-refractivity contribution in [2.45, 2.75) is 13.1 Å². The van der Waals surface area contributed by atoms with Gasteiger partial charge in [0, 0.05) is 0 Å². The highest BCUT2D eigenvalue weighted by Gasteiger charge is 2.11. The molecule has 7 heteroatoms. The molecule has 0 spiro atoms. The number of hydrogen-bond acceptors (Lipinski definition) is 5. The molecule has 2 heterocycles. The average Bonchev–Trinajstić information content (AvgIpc) is 3.08. The molecule has 0 saturated heterocycles. The Balaban J connectivity index is 1.67. The maximum absolute atomic E-state index is 11.7. The van der Waals surface area contributed by atoms with Crippen LogP contribution < -0.4 is 10.6 Å². The van der Waals surface area contributed by atoms with Crippen LogP contribution in [-0.2, 0) is 17.9 Å². The number of carbonyl (C=O) groups excluding carboxylic acids is 2. The van der Waals surface area contributed by atoms with Gasteiger partial charge in [0.25, 0.3) is 0 Å². The first kappa shape index (κ1) is 14.9. The normalized spacial score (nSPS) is 10.6. The number of likely N-dealkylation sites (N-methyl/N-ethyl adjacent to an activating group) is 1. The molecular weight excluding hydrogens is 274 g/mol. The zero-order chi connectivity index (χ0) is 15.1. The van der Waals surface area contributed by atoms with Gasteiger partial charge in [-0.15, -0.1) is 0 Å². The highest BCUT2D eigenvalue weighted by Crippen LogP contribution is 2.03. The molecule has 0 fully saturated rings. The molecule has 2 N–H and O–H groups in total. The van der Waals surface area contributed by atoms with Crippen molar-refractivity contribution in [3.8, 4) is 0 Å². The molecule has 0 aliphatic heterocycles. The second-order valence-electron chi connectivity index (χ2n) is 4.56. The number of nitrogens with zero attached hydrogens (tertiary/aromatic N) is 1. The van der Waals surface area contributed by atoms with Gasteiger partial charge in [-0.05, 0) is 31.3 Å². The van der Waals surface area contributed by atoms with Crippen molar-refractivity contribution in [3.63, 3.8) is 0 Å². The van der Waals surface area contributed by atoms with E-state index in [-0.39, 0.29) is 19.0 Å². The number of furan rings is 2. The number of nitrogens with one attached hydrogen (secondary N) is 2. The van der Waals surface area contributed by atoms with Gasteiger partial charge in [0.2, 0.25) is 5.91 Å². The van der Waals surface area contributed by atoms with Crippen molar-refractivity contribution in [2.24, 2.45) is 0 Å². The van der Waals surface area contributed by atoms with Crippen LogP contribution in [0.2, 0.25) is 0 Å². The summed E-state index contributed by atoms with van der Waals surface area (Å²) in [6, 6.07) is 6.52. The smallest absolute Gasteiger partial charge is 0.321 e. The summed E-state index contributed by atoms with van der Waals surface area (Å²) in [5, 5.41) is 4.78. The van der Waals surface area contributed by atoms with E-state index in [2.05, 4.69) is 10.6 Å². The molecule has 21 heavy (non-hydrogen) atoms. The van der Waals surface area contributed by atoms with Gasteiger partial charge in [0.15, 0.2) is 0 Å². The van der Waals surface area contributed by atoms with E-state index in [1.165, 1.54) is 6.26 Å². The van der Waals surface area contributed by atoms with E-state index in [1.807, 2.05) is 6.07 Å². The monoisotopic (exact) mass is 291 g/mol. The van der Waals surface area contributed by atoms with E-state index in [9.17, 15) is 9.59 Å². The van der Waals surface area contributed by atoms with Gasteiger partial charge >= 0.3 is 6.03 Å². The fourth-order valence-corrected chi connectivity index (χ4v) is 1.76. The van der Waals surface area contributed by atoms with Crippen LogP contribution in [-0.4, -0.2) is 30.4 Å². The summed E-state index contributed by atoms with van der Waals surface area (Å²) in [5.74, 6) is 0.987. The van der Waals surface area contributed by atoms with Crippen LogP contribution in [0, 0.1) is 0 Å². The van der Waals surface area contributed by atoms with Gasteiger partial charge in [-0.1, -0.05) is 0 Å². The summed E-state index contributed by atoms with van der Waals surface area (Å²) in [7, 11) is 1.77. The molecule has 2 aromatic heterocycles. The number of carbonyl (C=O) groups is 2. The van der Waals surface area contributed by atoms with Gasteiger partial charge in [-0.3, -0.25) is 15.0 Å². The lowest BCUT2D eigenvalue weighted by atomic mass is 10.4. The van der Waals surface area contributed by atoms with Crippen molar-refractivity contribution < 1.29 is 18.4 Å². The van der Waals surface area contributed by atoms with Gasteiger partial charge < -0.3 is 14.2 Å². The fraction of sp³-hybridized carbons (Fsp3) is 0.286. The Morgan fingerprint density at radius 3 is 2.43 bits per heavy atom. The van der Waals surface area contributed by atoms with Crippen LogP contribution >= 0.6 is 0 Å². The topological polar surface area (TPSA) is 87.7 Å². The molecule has 2 aromatic rings. The maximum Gasteiger partial charge on any atom is 0.321 e. The lowest BCUT2D eigenvalue weighted by Crippen LogP contribution is -2.43. The second-order valence-corrected chi connectivity index (χ2v) is 4.56. The number of hydrogen-bond donors (Lipinski definition) is 2. The van der Waals surface area contributed by atoms with Crippen molar-refractivity contribution in [1.82, 2.24) is 15.5 Å². The Morgan fingerprint density at radius 1 is 1.14 bits per heavy atom. The van der Waals surface area contributed by atoms with E-state index in [1.54, 1.807) is 36.4 Å². The summed E-state index contributed by atoms with van der Waals surface area (Å²) in [6.07, 6.45) is 3.09. The standard InChI is InChI=1S/C14H17N3O4/c1-17(9-12-5-3-7-21-12)10-13(18)16-14(19)15-8-11-4-2-6-20-11/h2-7H,8-10H2,1H3,(H2,15,16,18,19). The van der Waals surface area contributed by atoms with Crippen LogP contribution in [0.1, 0.15) is 11.5 Å². The third-order valence-electron chi connectivity index (χ3n) is 2.68. The molecule has 2 rings (SSSR count). The third kappa shape index (κ3) is 5.15. The predicted molar refractivity (Wildman–Crippen MR) is 74.1 cm³/mol. The lowest BCUT2D eigenvalue weighted by molar-refractivity contribution is -0.121. The zero-order valence-corrected chi connectivity index (χ0v) is 11.7. The van der Waals surface area contributed by atoms with E-state index >= 15 is 0 Å². The minimum Gasteiger partial charge on any atom is -0.468 e. The van der Waals surface area contributed by atoms with Crippen LogP contribution in [0.25, 0.3) is 0 Å². The van der Waals surface area contributed by atoms with E-state index in [0.29, 0.717) is 12.3 Å². The number of amides is 3. The van der Waals surface area contributed by atoms with Crippen LogP contribution in [0.5, 0.6) is 0 Å². The Morgan fingerprint density at radius 2 is 1.81 bits per heavy atom. The van der Waals surface area contributed by atoms with Gasteiger partial charge in [-0.25, -0.2) is 4.79 Å². The second kappa shape index (κ2) is 7.30. The summed E-state index contributed by atoms with van der Waals surface area (Å²) in [6.45, 7) is 0.817. The molecule has 112 valence electrons. The molecule has 0 aliphatic carbocycles. The minimum atomic E-state index is -0.553. The van der Waals surface area contributed by atoms with Crippen molar-refractivity contribution in [1.29, 1.82) is 0 Å². The molecule has 3 amide bonds. The van der Waals surface area contributed by atoms with Crippen molar-refractivity contribution in [3.05, 3.63) is 48.3 Å². The number of rotatable bonds is 6. The predicted octanol–water partition coefficient (Wildman–Crippen LogP) is 1.33. The SMILES string of the molecule is CN(CC(=O)NC(=O)NCc1ccco1)Cc1ccco1. The highest BCUT2D eigenvalue weighted by molar-refractivity contribution is 5.95. The zero-order valence-electron chi connectivity index (χ0n) is 11.7. The maximum atomic E-state index is 11.7. The van der Waals surface area contributed by atoms with Crippen molar-refractivity contribution >= 4 is 11.9 Å². The molecule has 7 nitrogen and oxygen atoms in total. The molecule has 0 saturated carbocycles. The number of imide groups is 1. The van der Waals surface area contributed by atoms with E-state index in [0.717, 1.165) is 5.76 Å². The van der Waals surface area contributed by atoms with Gasteiger partial charge in [0.1, 0.15) is 11.5 Å². The average molecular weight is 291 g/mol. The molecule has 0 bridgehead atoms. The summed E-state index contributed by atoms with van der Waals surface area (Å²) < 4.78 is 10.2. The first-order valence-electron chi connectivity index (χ1n) is 6.44. The lowest BCUT2D eigenvalue weighted by Gasteiger charge is -2.14. The van der Waals surface area contributed by atoms with E-state index in [4.69, 9.17) is 8.83 Å². The fourth-order valence-electron chi connectivity index (χ4n) is 1.76. The summed E-state index contributed by atoms with van der Waals surface area (Å²) in [5.41, 5.74) is 0. The van der Waals surface area contributed by atoms with Gasteiger partial charge in [0.05, 0.1) is 32.2 Å². The Hall–Kier alpha value is -2.54. The first-order valence-corrected chi connectivity index (χ1v) is 6.44. The Bertz CT molecular complexity index is 563. The molecule has 0 unspecified atom stereocenters. The van der Waals surface area contributed by atoms with Gasteiger partial charge in [-0.2, -0.15) is 0 Å². The molecule has 0 atom stereocenters. The summed E-state index contributed by atoms with van der Waals surface area (Å²) >= 11 is 0. The van der Waals surface area contributed by atoms with Crippen molar-refractivity contribution in [2.75, 3.05) is 13.6 Å². The molecule has 0 aromatic carbocycles. The largest absolute Gasteiger partial charge is 0.468 e. The van der Waals surface area contributed by atoms with Crippen LogP contribution in [0.3, 0.4) is 0 Å². The van der Waals surface area contributed by atoms with Crippen LogP contribution in [0.4, 0.5) is 4.79 Å². The van der Waals surface area contributed by atoms with E-state index < -0.39 is 6.03 Å². The Labute approximate surface area is 121 Å². The first-order chi connectivity index (χ1) is 10.1. The highest BCUT2D eigenvalue weighted by atomic mass is 16.3. The molecule has 0 aliphatic rings. The van der Waals surface area contributed by atoms with Crippen LogP contribution in [0.15, 0.2) is 45.6 Å². The quantitative estimate of drug-likeness (QED) is 0.838. The minimum absolute atomic E-state index is 0.0921. The molecular formula is C14H17N3O4. The number of urea groups is 1.